The molecule has 7 heteroatoms. The Balaban J connectivity index is 1.82. The molecule has 0 atom stereocenters. The first-order valence-corrected chi connectivity index (χ1v) is 7.86. The van der Waals surface area contributed by atoms with Gasteiger partial charge in [-0.25, -0.2) is 4.79 Å². The average molecular weight is 291 g/mol. The number of hydrogen-bond acceptors (Lipinski definition) is 5. The van der Waals surface area contributed by atoms with Crippen molar-refractivity contribution in [2.24, 2.45) is 5.41 Å². The Hall–Kier alpha value is -0.820. The van der Waals surface area contributed by atoms with Crippen molar-refractivity contribution in [2.45, 2.75) is 51.2 Å². The highest BCUT2D eigenvalue weighted by Crippen LogP contribution is 2.67. The van der Waals surface area contributed by atoms with Crippen LogP contribution in [0.5, 0.6) is 0 Å². The molecule has 0 saturated heterocycles. The van der Waals surface area contributed by atoms with Gasteiger partial charge in [-0.1, -0.05) is 0 Å². The number of ether oxygens (including phenoxy) is 1. The minimum Gasteiger partial charge on any atom is -0.444 e. The maximum Gasteiger partial charge on any atom is 0.408 e. The minimum atomic E-state index is -3.43. The molecule has 3 fully saturated rings. The van der Waals surface area contributed by atoms with Gasteiger partial charge in [0.05, 0.1) is 12.9 Å². The van der Waals surface area contributed by atoms with Crippen molar-refractivity contribution in [1.29, 1.82) is 0 Å². The van der Waals surface area contributed by atoms with Crippen LogP contribution in [0.2, 0.25) is 0 Å². The smallest absolute Gasteiger partial charge is 0.408 e. The Morgan fingerprint density at radius 2 is 1.79 bits per heavy atom. The molecule has 3 rings (SSSR count). The lowest BCUT2D eigenvalue weighted by molar-refractivity contribution is -0.135. The van der Waals surface area contributed by atoms with Crippen LogP contribution in [0.25, 0.3) is 0 Å². The monoisotopic (exact) mass is 291 g/mol. The van der Waals surface area contributed by atoms with Gasteiger partial charge in [0.25, 0.3) is 10.1 Å². The van der Waals surface area contributed by atoms with E-state index in [1.807, 2.05) is 0 Å². The molecule has 6 nitrogen and oxygen atoms in total. The summed E-state index contributed by atoms with van der Waals surface area (Å²) in [5, 5.41) is 2.85. The SMILES string of the molecule is COS(=O)(=O)CC12CC(NC(=O)OC(C)(C)C)(C1)C2. The first-order valence-electron chi connectivity index (χ1n) is 6.28. The van der Waals surface area contributed by atoms with Crippen LogP contribution in [0.1, 0.15) is 40.0 Å². The highest BCUT2D eigenvalue weighted by Gasteiger charge is 2.69. The Labute approximate surface area is 114 Å². The molecule has 0 spiro atoms. The zero-order valence-corrected chi connectivity index (χ0v) is 12.6. The Morgan fingerprint density at radius 3 is 2.21 bits per heavy atom. The fraction of sp³-hybridized carbons (Fsp3) is 0.917. The molecule has 3 saturated carbocycles. The van der Waals surface area contributed by atoms with Crippen molar-refractivity contribution in [2.75, 3.05) is 12.9 Å². The molecule has 0 aromatic carbocycles. The molecular weight excluding hydrogens is 270 g/mol. The summed E-state index contributed by atoms with van der Waals surface area (Å²) in [5.41, 5.74) is -0.986. The number of rotatable bonds is 4. The standard InChI is InChI=1S/C12H21NO5S/c1-10(2,3)18-9(14)13-12-5-11(6-12,7-12)8-19(15,16)17-4/h5-8H2,1-4H3,(H,13,14). The Kier molecular flexibility index (Phi) is 3.14. The van der Waals surface area contributed by atoms with Gasteiger partial charge >= 0.3 is 6.09 Å². The molecule has 0 heterocycles. The third kappa shape index (κ3) is 3.02. The molecule has 0 radical (unpaired) electrons. The number of nitrogens with one attached hydrogen (secondary N) is 1. The topological polar surface area (TPSA) is 81.7 Å². The maximum atomic E-state index is 11.7. The lowest BCUT2D eigenvalue weighted by Crippen LogP contribution is -2.76. The first kappa shape index (κ1) is 14.6. The maximum absolute atomic E-state index is 11.7. The largest absolute Gasteiger partial charge is 0.444 e. The van der Waals surface area contributed by atoms with E-state index in [2.05, 4.69) is 9.50 Å². The van der Waals surface area contributed by atoms with Crippen molar-refractivity contribution in [3.05, 3.63) is 0 Å². The van der Waals surface area contributed by atoms with Crippen LogP contribution in [0.3, 0.4) is 0 Å². The number of amides is 1. The van der Waals surface area contributed by atoms with E-state index in [1.54, 1.807) is 20.8 Å². The summed E-state index contributed by atoms with van der Waals surface area (Å²) < 4.78 is 32.5. The van der Waals surface area contributed by atoms with Crippen LogP contribution < -0.4 is 5.32 Å². The van der Waals surface area contributed by atoms with E-state index < -0.39 is 21.8 Å². The number of carbonyl (C=O) groups is 1. The molecular formula is C12H21NO5S. The van der Waals surface area contributed by atoms with Crippen LogP contribution in [0, 0.1) is 5.41 Å². The van der Waals surface area contributed by atoms with E-state index in [0.717, 1.165) is 0 Å². The van der Waals surface area contributed by atoms with Gasteiger partial charge in [0.2, 0.25) is 0 Å². The van der Waals surface area contributed by atoms with Gasteiger partial charge in [0.15, 0.2) is 0 Å². The van der Waals surface area contributed by atoms with Gasteiger partial charge in [-0.3, -0.25) is 4.18 Å². The molecule has 19 heavy (non-hydrogen) atoms. The molecule has 3 aliphatic carbocycles. The highest BCUT2D eigenvalue weighted by molar-refractivity contribution is 7.86. The molecule has 3 aliphatic rings. The fourth-order valence-corrected chi connectivity index (χ4v) is 4.41. The van der Waals surface area contributed by atoms with Gasteiger partial charge in [0.1, 0.15) is 5.60 Å². The molecule has 0 aromatic heterocycles. The van der Waals surface area contributed by atoms with Crippen molar-refractivity contribution in [1.82, 2.24) is 5.32 Å². The number of carbonyl (C=O) groups excluding carboxylic acids is 1. The fourth-order valence-electron chi connectivity index (χ4n) is 3.24. The summed E-state index contributed by atoms with van der Waals surface area (Å²) >= 11 is 0. The average Bonchev–Trinajstić information content (AvgIpc) is 2.09. The van der Waals surface area contributed by atoms with E-state index in [-0.39, 0.29) is 16.7 Å². The van der Waals surface area contributed by atoms with Crippen molar-refractivity contribution < 1.29 is 22.1 Å². The third-order valence-corrected chi connectivity index (χ3v) is 5.12. The van der Waals surface area contributed by atoms with Crippen molar-refractivity contribution in [3.63, 3.8) is 0 Å². The van der Waals surface area contributed by atoms with Gasteiger partial charge in [-0.2, -0.15) is 8.42 Å². The summed E-state index contributed by atoms with van der Waals surface area (Å²) in [6, 6.07) is 0. The lowest BCUT2D eigenvalue weighted by Gasteiger charge is -2.70. The van der Waals surface area contributed by atoms with Gasteiger partial charge < -0.3 is 10.1 Å². The van der Waals surface area contributed by atoms with Crippen LogP contribution in [0.4, 0.5) is 4.79 Å². The Bertz CT molecular complexity index is 471. The predicted molar refractivity (Wildman–Crippen MR) is 69.2 cm³/mol. The summed E-state index contributed by atoms with van der Waals surface area (Å²) in [4.78, 5) is 11.7. The Morgan fingerprint density at radius 1 is 1.26 bits per heavy atom. The quantitative estimate of drug-likeness (QED) is 0.792. The zero-order valence-electron chi connectivity index (χ0n) is 11.8. The van der Waals surface area contributed by atoms with Crippen molar-refractivity contribution in [3.8, 4) is 0 Å². The molecule has 0 aliphatic heterocycles. The third-order valence-electron chi connectivity index (χ3n) is 3.64. The van der Waals surface area contributed by atoms with E-state index in [9.17, 15) is 13.2 Å². The van der Waals surface area contributed by atoms with Crippen LogP contribution in [-0.4, -0.2) is 38.5 Å². The minimum absolute atomic E-state index is 0.0360. The highest BCUT2D eigenvalue weighted by atomic mass is 32.2. The second-order valence-electron chi connectivity index (χ2n) is 6.81. The van der Waals surface area contributed by atoms with Crippen molar-refractivity contribution >= 4 is 16.2 Å². The van der Waals surface area contributed by atoms with E-state index in [4.69, 9.17) is 4.74 Å². The summed E-state index contributed by atoms with van der Waals surface area (Å²) in [7, 11) is -2.25. The van der Waals surface area contributed by atoms with Crippen LogP contribution >= 0.6 is 0 Å². The molecule has 0 aromatic rings. The van der Waals surface area contributed by atoms with E-state index in [1.165, 1.54) is 7.11 Å². The molecule has 2 bridgehead atoms. The van der Waals surface area contributed by atoms with Gasteiger partial charge in [-0.05, 0) is 45.4 Å². The number of hydrogen-bond donors (Lipinski definition) is 1. The predicted octanol–water partition coefficient (Wildman–Crippen LogP) is 1.41. The van der Waals surface area contributed by atoms with Gasteiger partial charge in [-0.15, -0.1) is 0 Å². The lowest BCUT2D eigenvalue weighted by atomic mass is 9.40. The normalized spacial score (nSPS) is 33.1. The van der Waals surface area contributed by atoms with Crippen LogP contribution in [-0.2, 0) is 19.0 Å². The summed E-state index contributed by atoms with van der Waals surface area (Å²) in [5.74, 6) is 0.0360. The van der Waals surface area contributed by atoms with Gasteiger partial charge in [0, 0.05) is 5.54 Å². The summed E-state index contributed by atoms with van der Waals surface area (Å²) in [6.45, 7) is 5.42. The second kappa shape index (κ2) is 4.09. The molecule has 110 valence electrons. The summed E-state index contributed by atoms with van der Waals surface area (Å²) in [6.07, 6.45) is 1.61. The van der Waals surface area contributed by atoms with E-state index >= 15 is 0 Å². The van der Waals surface area contributed by atoms with E-state index in [0.29, 0.717) is 19.3 Å². The molecule has 1 amide bonds. The number of alkyl carbamates (subject to hydrolysis) is 1. The second-order valence-corrected chi connectivity index (χ2v) is 8.54. The molecule has 1 N–H and O–H groups in total. The molecule has 0 unspecified atom stereocenters. The van der Waals surface area contributed by atoms with Crippen LogP contribution in [0.15, 0.2) is 0 Å². The zero-order chi connectivity index (χ0) is 14.5. The first-order chi connectivity index (χ1) is 8.49.